The third-order valence-electron chi connectivity index (χ3n) is 1.52. The monoisotopic (exact) mass is 223 g/mol. The summed E-state index contributed by atoms with van der Waals surface area (Å²) in [5.41, 5.74) is 5.35. The highest BCUT2D eigenvalue weighted by atomic mass is 32.2. The number of aliphatic hydroxyl groups excluding tert-OH is 1. The van der Waals surface area contributed by atoms with E-state index in [2.05, 4.69) is 6.58 Å². The predicted octanol–water partition coefficient (Wildman–Crippen LogP) is -1.29. The number of Topliss-reactive ketones (excluding diaryl/α,β-unsaturated/α-hetero) is 1. The number of rotatable bonds is 5. The highest BCUT2D eigenvalue weighted by molar-refractivity contribution is 7.85. The second kappa shape index (κ2) is 4.65. The first kappa shape index (κ1) is 13.2. The minimum absolute atomic E-state index is 0.117. The number of carbonyl (C=O) groups is 1. The molecule has 4 N–H and O–H groups in total. The molecular weight excluding hydrogens is 210 g/mol. The van der Waals surface area contributed by atoms with E-state index in [-0.39, 0.29) is 5.57 Å². The highest BCUT2D eigenvalue weighted by Crippen LogP contribution is 2.01. The molecule has 0 saturated carbocycles. The Hall–Kier alpha value is -0.760. The zero-order valence-electron chi connectivity index (χ0n) is 7.67. The van der Waals surface area contributed by atoms with Crippen molar-refractivity contribution in [3.05, 3.63) is 12.2 Å². The molecule has 0 heterocycles. The molecule has 0 aliphatic rings. The number of ketones is 1. The largest absolute Gasteiger partial charge is 0.390 e. The van der Waals surface area contributed by atoms with Crippen molar-refractivity contribution in [2.45, 2.75) is 19.1 Å². The molecule has 0 aromatic carbocycles. The predicted molar refractivity (Wildman–Crippen MR) is 50.2 cm³/mol. The van der Waals surface area contributed by atoms with Crippen LogP contribution in [0, 0.1) is 0 Å². The minimum Gasteiger partial charge on any atom is -0.390 e. The number of carbonyl (C=O) groups excluding carboxylic acids is 1. The second-order valence-corrected chi connectivity index (χ2v) is 4.48. The molecule has 14 heavy (non-hydrogen) atoms. The van der Waals surface area contributed by atoms with Crippen LogP contribution in [0.4, 0.5) is 0 Å². The van der Waals surface area contributed by atoms with Gasteiger partial charge in [0.1, 0.15) is 5.75 Å². The summed E-state index contributed by atoms with van der Waals surface area (Å²) in [4.78, 5) is 11.1. The average molecular weight is 223 g/mol. The number of hydrogen-bond acceptors (Lipinski definition) is 5. The average Bonchev–Trinajstić information content (AvgIpc) is 1.98. The van der Waals surface area contributed by atoms with Crippen LogP contribution in [0.15, 0.2) is 12.2 Å². The molecule has 0 saturated heterocycles. The molecule has 0 aliphatic carbocycles. The third kappa shape index (κ3) is 4.47. The van der Waals surface area contributed by atoms with Crippen molar-refractivity contribution in [3.8, 4) is 0 Å². The number of aliphatic hydroxyl groups is 1. The molecule has 0 aromatic rings. The van der Waals surface area contributed by atoms with Crippen LogP contribution in [0.25, 0.3) is 0 Å². The van der Waals surface area contributed by atoms with Crippen molar-refractivity contribution >= 4 is 15.9 Å². The van der Waals surface area contributed by atoms with Crippen LogP contribution in [0.3, 0.4) is 0 Å². The molecule has 0 fully saturated rings. The fourth-order valence-electron chi connectivity index (χ4n) is 0.779. The lowest BCUT2D eigenvalue weighted by Crippen LogP contribution is -2.45. The van der Waals surface area contributed by atoms with Crippen molar-refractivity contribution in [2.24, 2.45) is 5.73 Å². The van der Waals surface area contributed by atoms with Gasteiger partial charge in [-0.05, 0) is 12.5 Å². The molecule has 0 spiro atoms. The van der Waals surface area contributed by atoms with Crippen molar-refractivity contribution in [1.82, 2.24) is 0 Å². The van der Waals surface area contributed by atoms with Crippen LogP contribution >= 0.6 is 0 Å². The zero-order chi connectivity index (χ0) is 11.5. The highest BCUT2D eigenvalue weighted by Gasteiger charge is 2.26. The van der Waals surface area contributed by atoms with Gasteiger partial charge in [-0.3, -0.25) is 9.35 Å². The van der Waals surface area contributed by atoms with Crippen LogP contribution in [-0.2, 0) is 14.9 Å². The van der Waals surface area contributed by atoms with Gasteiger partial charge < -0.3 is 10.8 Å². The van der Waals surface area contributed by atoms with E-state index in [1.165, 1.54) is 6.92 Å². The minimum atomic E-state index is -4.34. The molecule has 0 bridgehead atoms. The Morgan fingerprint density at radius 1 is 1.57 bits per heavy atom. The standard InChI is InChI=1S/C7H13NO5S/c1-4(2)7(10)6(8)5(9)3-14(11,12)13/h5-6,9H,1,3,8H2,2H3,(H,11,12,13). The van der Waals surface area contributed by atoms with Gasteiger partial charge in [0.15, 0.2) is 5.78 Å². The summed E-state index contributed by atoms with van der Waals surface area (Å²) in [5.74, 6) is -1.60. The molecule has 2 atom stereocenters. The lowest BCUT2D eigenvalue weighted by atomic mass is 10.0. The number of hydrogen-bond donors (Lipinski definition) is 3. The SMILES string of the molecule is C=C(C)C(=O)C(N)C(O)CS(=O)(=O)O. The van der Waals surface area contributed by atoms with E-state index in [4.69, 9.17) is 15.4 Å². The molecule has 0 aliphatic heterocycles. The first-order chi connectivity index (χ1) is 6.15. The summed E-state index contributed by atoms with van der Waals surface area (Å²) in [6, 6.07) is -1.38. The summed E-state index contributed by atoms with van der Waals surface area (Å²) in [5, 5.41) is 9.15. The molecule has 2 unspecified atom stereocenters. The maximum Gasteiger partial charge on any atom is 0.267 e. The van der Waals surface area contributed by atoms with Gasteiger partial charge in [-0.15, -0.1) is 0 Å². The Balaban J connectivity index is 4.48. The summed E-state index contributed by atoms with van der Waals surface area (Å²) < 4.78 is 29.1. The van der Waals surface area contributed by atoms with Gasteiger partial charge in [-0.2, -0.15) is 8.42 Å². The zero-order valence-corrected chi connectivity index (χ0v) is 8.49. The van der Waals surface area contributed by atoms with E-state index in [0.717, 1.165) is 0 Å². The van der Waals surface area contributed by atoms with E-state index >= 15 is 0 Å². The van der Waals surface area contributed by atoms with Gasteiger partial charge >= 0.3 is 0 Å². The van der Waals surface area contributed by atoms with Crippen LogP contribution in [0.5, 0.6) is 0 Å². The van der Waals surface area contributed by atoms with Gasteiger partial charge in [-0.1, -0.05) is 6.58 Å². The Labute approximate surface area is 82.2 Å². The van der Waals surface area contributed by atoms with Crippen LogP contribution in [0.1, 0.15) is 6.92 Å². The van der Waals surface area contributed by atoms with Crippen LogP contribution in [-0.4, -0.2) is 41.8 Å². The summed E-state index contributed by atoms with van der Waals surface area (Å²) in [6.45, 7) is 4.69. The third-order valence-corrected chi connectivity index (χ3v) is 2.28. The number of nitrogens with two attached hydrogens (primary N) is 1. The van der Waals surface area contributed by atoms with E-state index in [9.17, 15) is 13.2 Å². The molecule has 82 valence electrons. The first-order valence-corrected chi connectivity index (χ1v) is 5.34. The molecule has 6 nitrogen and oxygen atoms in total. The second-order valence-electron chi connectivity index (χ2n) is 2.99. The van der Waals surface area contributed by atoms with Crippen LogP contribution < -0.4 is 5.73 Å². The van der Waals surface area contributed by atoms with Crippen molar-refractivity contribution in [2.75, 3.05) is 5.75 Å². The van der Waals surface area contributed by atoms with Gasteiger partial charge in [0, 0.05) is 0 Å². The Bertz CT molecular complexity index is 334. The fraction of sp³-hybridized carbons (Fsp3) is 0.571. The van der Waals surface area contributed by atoms with E-state index in [1.807, 2.05) is 0 Å². The van der Waals surface area contributed by atoms with Gasteiger partial charge in [-0.25, -0.2) is 0 Å². The van der Waals surface area contributed by atoms with Gasteiger partial charge in [0.2, 0.25) is 0 Å². The Kier molecular flexibility index (Phi) is 4.40. The Morgan fingerprint density at radius 3 is 2.29 bits per heavy atom. The van der Waals surface area contributed by atoms with E-state index in [0.29, 0.717) is 0 Å². The Morgan fingerprint density at radius 2 is 2.00 bits per heavy atom. The van der Waals surface area contributed by atoms with Gasteiger partial charge in [0.05, 0.1) is 12.1 Å². The maximum atomic E-state index is 11.1. The smallest absolute Gasteiger partial charge is 0.267 e. The lowest BCUT2D eigenvalue weighted by molar-refractivity contribution is -0.118. The van der Waals surface area contributed by atoms with Crippen molar-refractivity contribution in [1.29, 1.82) is 0 Å². The summed E-state index contributed by atoms with van der Waals surface area (Å²) >= 11 is 0. The molecule has 0 aromatic heterocycles. The quantitative estimate of drug-likeness (QED) is 0.394. The van der Waals surface area contributed by atoms with Gasteiger partial charge in [0.25, 0.3) is 10.1 Å². The normalized spacial score (nSPS) is 16.0. The summed E-state index contributed by atoms with van der Waals surface area (Å²) in [6.07, 6.45) is -1.63. The molecular formula is C7H13NO5S. The molecule has 0 rings (SSSR count). The van der Waals surface area contributed by atoms with E-state index in [1.54, 1.807) is 0 Å². The van der Waals surface area contributed by atoms with Crippen molar-refractivity contribution in [3.63, 3.8) is 0 Å². The molecule has 0 radical (unpaired) electrons. The van der Waals surface area contributed by atoms with E-state index < -0.39 is 33.8 Å². The maximum absolute atomic E-state index is 11.1. The van der Waals surface area contributed by atoms with Crippen molar-refractivity contribution < 1.29 is 22.9 Å². The van der Waals surface area contributed by atoms with Crippen LogP contribution in [0.2, 0.25) is 0 Å². The summed E-state index contributed by atoms with van der Waals surface area (Å²) in [7, 11) is -4.34. The first-order valence-electron chi connectivity index (χ1n) is 3.73. The molecule has 0 amide bonds. The molecule has 7 heteroatoms. The lowest BCUT2D eigenvalue weighted by Gasteiger charge is -2.15. The fourth-order valence-corrected chi connectivity index (χ4v) is 1.42. The topological polar surface area (TPSA) is 118 Å².